The van der Waals surface area contributed by atoms with E-state index in [-0.39, 0.29) is 5.41 Å². The molecule has 0 bridgehead atoms. The molecule has 0 heterocycles. The fraction of sp³-hybridized carbons (Fsp3) is 0.941. The highest BCUT2D eigenvalue weighted by atomic mass is 16.1. The average molecular weight is 263 g/mol. The van der Waals surface area contributed by atoms with Crippen molar-refractivity contribution in [2.75, 3.05) is 0 Å². The molecule has 0 saturated heterocycles. The normalized spacial score (nSPS) is 52.3. The molecule has 6 unspecified atom stereocenters. The van der Waals surface area contributed by atoms with E-state index in [1.165, 1.54) is 38.4 Å². The zero-order valence-electron chi connectivity index (χ0n) is 12.7. The van der Waals surface area contributed by atoms with Crippen molar-refractivity contribution in [1.29, 1.82) is 0 Å². The Balaban J connectivity index is 1.90. The molecule has 3 aliphatic carbocycles. The van der Waals surface area contributed by atoms with Crippen molar-refractivity contribution in [2.45, 2.75) is 65.3 Å². The van der Waals surface area contributed by atoms with Crippen molar-refractivity contribution in [3.63, 3.8) is 0 Å². The Morgan fingerprint density at radius 1 is 1.00 bits per heavy atom. The highest BCUT2D eigenvalue weighted by Gasteiger charge is 2.57. The van der Waals surface area contributed by atoms with Gasteiger partial charge in [-0.2, -0.15) is 0 Å². The summed E-state index contributed by atoms with van der Waals surface area (Å²) in [7, 11) is 0. The van der Waals surface area contributed by atoms with Gasteiger partial charge in [0.25, 0.3) is 0 Å². The Bertz CT molecular complexity index is 377. The third-order valence-electron chi connectivity index (χ3n) is 7.40. The van der Waals surface area contributed by atoms with Crippen molar-refractivity contribution in [1.82, 2.24) is 0 Å². The summed E-state index contributed by atoms with van der Waals surface area (Å²) in [4.78, 5) is 11.4. The van der Waals surface area contributed by atoms with Gasteiger partial charge in [0, 0.05) is 12.0 Å². The quantitative estimate of drug-likeness (QED) is 0.737. The summed E-state index contributed by atoms with van der Waals surface area (Å²) in [5.74, 6) is 2.68. The van der Waals surface area contributed by atoms with E-state index < -0.39 is 0 Å². The van der Waals surface area contributed by atoms with Crippen LogP contribution in [0.25, 0.3) is 0 Å². The number of aldehydes is 1. The highest BCUT2D eigenvalue weighted by Crippen LogP contribution is 2.63. The monoisotopic (exact) mass is 263 g/mol. The number of carbonyl (C=O) groups excluding carboxylic acids is 1. The van der Waals surface area contributed by atoms with Crippen LogP contribution in [0.1, 0.15) is 59.3 Å². The first kappa shape index (κ1) is 13.6. The van der Waals surface area contributed by atoms with Gasteiger partial charge in [0.15, 0.2) is 0 Å². The fourth-order valence-corrected chi connectivity index (χ4v) is 5.90. The van der Waals surface area contributed by atoms with Crippen LogP contribution in [0.4, 0.5) is 0 Å². The van der Waals surface area contributed by atoms with Crippen molar-refractivity contribution in [3.8, 4) is 0 Å². The molecule has 3 fully saturated rings. The lowest BCUT2D eigenvalue weighted by Gasteiger charge is -2.57. The molecule has 3 saturated carbocycles. The van der Waals surface area contributed by atoms with E-state index in [1.807, 2.05) is 0 Å². The molecule has 2 nitrogen and oxygen atoms in total. The van der Waals surface area contributed by atoms with E-state index in [2.05, 4.69) is 20.8 Å². The molecule has 3 aliphatic rings. The fourth-order valence-electron chi connectivity index (χ4n) is 5.90. The third-order valence-corrected chi connectivity index (χ3v) is 7.40. The minimum atomic E-state index is 0.281. The molecule has 19 heavy (non-hydrogen) atoms. The summed E-state index contributed by atoms with van der Waals surface area (Å²) in [6.45, 7) is 7.15. The molecule has 108 valence electrons. The van der Waals surface area contributed by atoms with Crippen LogP contribution in [0.5, 0.6) is 0 Å². The molecule has 0 spiro atoms. The molecule has 0 aromatic heterocycles. The van der Waals surface area contributed by atoms with Crippen LogP contribution < -0.4 is 5.73 Å². The van der Waals surface area contributed by atoms with Crippen LogP contribution in [0.2, 0.25) is 0 Å². The first-order valence-electron chi connectivity index (χ1n) is 8.12. The lowest BCUT2D eigenvalue weighted by atomic mass is 9.49. The van der Waals surface area contributed by atoms with E-state index in [4.69, 9.17) is 5.73 Å². The van der Waals surface area contributed by atoms with Gasteiger partial charge in [-0.15, -0.1) is 0 Å². The summed E-state index contributed by atoms with van der Waals surface area (Å²) in [5.41, 5.74) is 6.96. The van der Waals surface area contributed by atoms with E-state index >= 15 is 0 Å². The third kappa shape index (κ3) is 1.75. The summed E-state index contributed by atoms with van der Waals surface area (Å²) in [5, 5.41) is 0. The Hall–Kier alpha value is -0.370. The number of hydrogen-bond donors (Lipinski definition) is 1. The number of carbonyl (C=O) groups is 1. The van der Waals surface area contributed by atoms with Gasteiger partial charge in [0.1, 0.15) is 6.29 Å². The largest absolute Gasteiger partial charge is 0.327 e. The topological polar surface area (TPSA) is 43.1 Å². The molecular formula is C17H29NO. The second-order valence-corrected chi connectivity index (χ2v) is 8.25. The number of hydrogen-bond acceptors (Lipinski definition) is 2. The smallest absolute Gasteiger partial charge is 0.123 e. The molecule has 0 aromatic rings. The predicted molar refractivity (Wildman–Crippen MR) is 77.6 cm³/mol. The van der Waals surface area contributed by atoms with Crippen LogP contribution in [0.3, 0.4) is 0 Å². The van der Waals surface area contributed by atoms with Crippen molar-refractivity contribution >= 4 is 6.29 Å². The van der Waals surface area contributed by atoms with E-state index in [9.17, 15) is 4.79 Å². The van der Waals surface area contributed by atoms with Gasteiger partial charge in [-0.25, -0.2) is 0 Å². The van der Waals surface area contributed by atoms with Gasteiger partial charge in [-0.3, -0.25) is 0 Å². The van der Waals surface area contributed by atoms with Crippen molar-refractivity contribution < 1.29 is 4.79 Å². The maximum atomic E-state index is 11.4. The van der Waals surface area contributed by atoms with Gasteiger partial charge in [-0.05, 0) is 67.1 Å². The van der Waals surface area contributed by atoms with Crippen molar-refractivity contribution in [3.05, 3.63) is 0 Å². The Morgan fingerprint density at radius 3 is 2.42 bits per heavy atom. The minimum absolute atomic E-state index is 0.281. The average Bonchev–Trinajstić information content (AvgIpc) is 2.70. The van der Waals surface area contributed by atoms with Gasteiger partial charge < -0.3 is 10.5 Å². The second-order valence-electron chi connectivity index (χ2n) is 8.25. The van der Waals surface area contributed by atoms with Crippen LogP contribution in [0.15, 0.2) is 0 Å². The molecule has 6 atom stereocenters. The number of nitrogens with two attached hydrogens (primary N) is 1. The highest BCUT2D eigenvalue weighted by molar-refractivity contribution is 5.56. The van der Waals surface area contributed by atoms with Gasteiger partial charge in [0.05, 0.1) is 0 Å². The summed E-state index contributed by atoms with van der Waals surface area (Å²) < 4.78 is 0. The first-order valence-corrected chi connectivity index (χ1v) is 8.12. The SMILES string of the molecule is CC1(C)C(N)CCC2C1CCC1(C)C(C=O)CCC21. The first-order chi connectivity index (χ1) is 8.91. The Morgan fingerprint density at radius 2 is 1.74 bits per heavy atom. The molecule has 0 aliphatic heterocycles. The van der Waals surface area contributed by atoms with Gasteiger partial charge >= 0.3 is 0 Å². The predicted octanol–water partition coefficient (Wildman–Crippen LogP) is 3.39. The molecule has 2 heteroatoms. The van der Waals surface area contributed by atoms with E-state index in [1.54, 1.807) is 0 Å². The maximum Gasteiger partial charge on any atom is 0.123 e. The van der Waals surface area contributed by atoms with Gasteiger partial charge in [0.2, 0.25) is 0 Å². The second kappa shape index (κ2) is 4.31. The number of fused-ring (bicyclic) bond motifs is 3. The van der Waals surface area contributed by atoms with Crippen LogP contribution in [-0.4, -0.2) is 12.3 Å². The number of rotatable bonds is 1. The van der Waals surface area contributed by atoms with Crippen molar-refractivity contribution in [2.24, 2.45) is 40.2 Å². The summed E-state index contributed by atoms with van der Waals surface area (Å²) >= 11 is 0. The zero-order chi connectivity index (χ0) is 13.8. The minimum Gasteiger partial charge on any atom is -0.327 e. The van der Waals surface area contributed by atoms with Gasteiger partial charge in [-0.1, -0.05) is 20.8 Å². The van der Waals surface area contributed by atoms with E-state index in [0.29, 0.717) is 17.4 Å². The van der Waals surface area contributed by atoms with Crippen LogP contribution in [-0.2, 0) is 4.79 Å². The molecule has 0 aromatic carbocycles. The van der Waals surface area contributed by atoms with Crippen LogP contribution >= 0.6 is 0 Å². The Labute approximate surface area is 117 Å². The van der Waals surface area contributed by atoms with Crippen LogP contribution in [0, 0.1) is 34.5 Å². The molecule has 2 N–H and O–H groups in total. The lowest BCUT2D eigenvalue weighted by Crippen LogP contribution is -2.55. The van der Waals surface area contributed by atoms with E-state index in [0.717, 1.165) is 24.2 Å². The Kier molecular flexibility index (Phi) is 3.09. The molecular weight excluding hydrogens is 234 g/mol. The summed E-state index contributed by atoms with van der Waals surface area (Å²) in [6, 6.07) is 0.362. The zero-order valence-corrected chi connectivity index (χ0v) is 12.7. The molecule has 0 radical (unpaired) electrons. The summed E-state index contributed by atoms with van der Waals surface area (Å²) in [6.07, 6.45) is 8.63. The molecule has 0 amide bonds. The standard InChI is InChI=1S/C17H29NO/c1-16(2)13-8-9-17(3)11(10-19)4-6-14(17)12(13)5-7-15(16)18/h10-15H,4-9,18H2,1-3H3. The molecule has 3 rings (SSSR count). The maximum absolute atomic E-state index is 11.4. The lowest BCUT2D eigenvalue weighted by molar-refractivity contribution is -0.118.